The van der Waals surface area contributed by atoms with Crippen molar-refractivity contribution < 1.29 is 24.0 Å². The van der Waals surface area contributed by atoms with Crippen molar-refractivity contribution in [3.05, 3.63) is 62.1 Å². The van der Waals surface area contributed by atoms with Gasteiger partial charge in [0.1, 0.15) is 0 Å². The third-order valence-electron chi connectivity index (χ3n) is 4.72. The van der Waals surface area contributed by atoms with E-state index in [1.54, 1.807) is 25.1 Å². The fourth-order valence-electron chi connectivity index (χ4n) is 3.13. The molecule has 2 amide bonds. The number of hydrogen-bond donors (Lipinski definition) is 1. The number of nitro groups is 1. The zero-order valence-corrected chi connectivity index (χ0v) is 17.8. The fraction of sp³-hybridized carbons (Fsp3) is 0.250. The molecule has 1 saturated heterocycles. The maximum absolute atomic E-state index is 12.3. The normalized spacial score (nSPS) is 15.6. The van der Waals surface area contributed by atoms with E-state index in [1.165, 1.54) is 23.1 Å². The first kappa shape index (κ1) is 22.5. The summed E-state index contributed by atoms with van der Waals surface area (Å²) in [5.41, 5.74) is 0.910. The predicted molar refractivity (Wildman–Crippen MR) is 114 cm³/mol. The molecule has 0 bridgehead atoms. The summed E-state index contributed by atoms with van der Waals surface area (Å²) in [7, 11) is 0. The smallest absolute Gasteiger partial charge is 0.311 e. The summed E-state index contributed by atoms with van der Waals surface area (Å²) < 4.78 is 5.03. The number of rotatable bonds is 6. The zero-order valence-electron chi connectivity index (χ0n) is 16.3. The molecule has 9 nitrogen and oxygen atoms in total. The summed E-state index contributed by atoms with van der Waals surface area (Å²) in [6.45, 7) is 1.03. The molecule has 2 aromatic rings. The number of anilines is 2. The molecule has 3 rings (SSSR count). The van der Waals surface area contributed by atoms with Gasteiger partial charge < -0.3 is 15.0 Å². The molecule has 2 aromatic carbocycles. The number of aryl methyl sites for hydroxylation is 1. The van der Waals surface area contributed by atoms with E-state index >= 15 is 0 Å². The van der Waals surface area contributed by atoms with Gasteiger partial charge in [0.15, 0.2) is 6.61 Å². The highest BCUT2D eigenvalue weighted by atomic mass is 35.5. The predicted octanol–water partition coefficient (Wildman–Crippen LogP) is 3.74. The summed E-state index contributed by atoms with van der Waals surface area (Å²) in [5, 5.41) is 13.9. The lowest BCUT2D eigenvalue weighted by Gasteiger charge is -2.18. The van der Waals surface area contributed by atoms with Gasteiger partial charge in [-0.3, -0.25) is 24.5 Å². The number of esters is 1. The van der Waals surface area contributed by atoms with Crippen molar-refractivity contribution in [3.63, 3.8) is 0 Å². The minimum Gasteiger partial charge on any atom is -0.455 e. The number of amides is 2. The molecule has 0 unspecified atom stereocenters. The Kier molecular flexibility index (Phi) is 6.77. The van der Waals surface area contributed by atoms with E-state index in [0.29, 0.717) is 11.3 Å². The Morgan fingerprint density at radius 3 is 2.74 bits per heavy atom. The molecule has 1 fully saturated rings. The lowest BCUT2D eigenvalue weighted by Crippen LogP contribution is -2.28. The fourth-order valence-corrected chi connectivity index (χ4v) is 3.53. The van der Waals surface area contributed by atoms with E-state index in [1.807, 2.05) is 0 Å². The van der Waals surface area contributed by atoms with Crippen LogP contribution in [0.2, 0.25) is 10.0 Å². The molecule has 1 N–H and O–H groups in total. The molecule has 1 aliphatic heterocycles. The number of carbonyl (C=O) groups excluding carboxylic acids is 3. The quantitative estimate of drug-likeness (QED) is 0.394. The van der Waals surface area contributed by atoms with Crippen molar-refractivity contribution >= 4 is 58.0 Å². The lowest BCUT2D eigenvalue weighted by molar-refractivity contribution is -0.385. The van der Waals surface area contributed by atoms with Gasteiger partial charge in [0.05, 0.1) is 26.6 Å². The van der Waals surface area contributed by atoms with E-state index in [-0.39, 0.29) is 40.3 Å². The van der Waals surface area contributed by atoms with Gasteiger partial charge in [-0.25, -0.2) is 0 Å². The Balaban J connectivity index is 1.57. The number of carbonyl (C=O) groups is 3. The van der Waals surface area contributed by atoms with Crippen molar-refractivity contribution in [2.45, 2.75) is 13.3 Å². The maximum atomic E-state index is 12.3. The Morgan fingerprint density at radius 1 is 1.29 bits per heavy atom. The second-order valence-electron chi connectivity index (χ2n) is 6.89. The number of hydrogen-bond acceptors (Lipinski definition) is 6. The van der Waals surface area contributed by atoms with Crippen LogP contribution < -0.4 is 10.2 Å². The van der Waals surface area contributed by atoms with Crippen LogP contribution in [0.5, 0.6) is 0 Å². The van der Waals surface area contributed by atoms with E-state index in [9.17, 15) is 24.5 Å². The van der Waals surface area contributed by atoms with Crippen molar-refractivity contribution in [3.8, 4) is 0 Å². The Hall–Kier alpha value is -3.17. The third kappa shape index (κ3) is 5.12. The number of benzene rings is 2. The average molecular weight is 466 g/mol. The van der Waals surface area contributed by atoms with Crippen molar-refractivity contribution in [2.24, 2.45) is 5.92 Å². The molecule has 0 aromatic heterocycles. The second-order valence-corrected chi connectivity index (χ2v) is 7.68. The largest absolute Gasteiger partial charge is 0.455 e. The molecule has 0 spiro atoms. The minimum absolute atomic E-state index is 0.0451. The maximum Gasteiger partial charge on any atom is 0.311 e. The SMILES string of the molecule is Cc1ccc(NC(=O)COC(=O)[C@@H]2CC(=O)N(c3cccc(Cl)c3Cl)C2)cc1[N+](=O)[O-]. The van der Waals surface area contributed by atoms with Crippen molar-refractivity contribution in [1.82, 2.24) is 0 Å². The highest BCUT2D eigenvalue weighted by Crippen LogP contribution is 2.35. The molecule has 31 heavy (non-hydrogen) atoms. The van der Waals surface area contributed by atoms with E-state index in [0.717, 1.165) is 0 Å². The highest BCUT2D eigenvalue weighted by molar-refractivity contribution is 6.44. The minimum atomic E-state index is -0.768. The van der Waals surface area contributed by atoms with Crippen LogP contribution in [0.15, 0.2) is 36.4 Å². The number of ether oxygens (including phenoxy) is 1. The molecular weight excluding hydrogens is 449 g/mol. The van der Waals surface area contributed by atoms with Gasteiger partial charge in [0, 0.05) is 30.3 Å². The Labute approximate surface area is 187 Å². The van der Waals surface area contributed by atoms with Gasteiger partial charge in [-0.1, -0.05) is 35.3 Å². The Bertz CT molecular complexity index is 1070. The summed E-state index contributed by atoms with van der Waals surface area (Å²) >= 11 is 12.1. The molecule has 1 heterocycles. The molecule has 11 heteroatoms. The lowest BCUT2D eigenvalue weighted by atomic mass is 10.1. The summed E-state index contributed by atoms with van der Waals surface area (Å²) in [4.78, 5) is 48.5. The topological polar surface area (TPSA) is 119 Å². The van der Waals surface area contributed by atoms with E-state index < -0.39 is 29.3 Å². The van der Waals surface area contributed by atoms with Gasteiger partial charge >= 0.3 is 5.97 Å². The van der Waals surface area contributed by atoms with Crippen LogP contribution >= 0.6 is 23.2 Å². The first-order valence-corrected chi connectivity index (χ1v) is 9.89. The number of nitrogens with zero attached hydrogens (tertiary/aromatic N) is 2. The molecule has 0 saturated carbocycles. The van der Waals surface area contributed by atoms with Crippen molar-refractivity contribution in [2.75, 3.05) is 23.4 Å². The van der Waals surface area contributed by atoms with Crippen LogP contribution in [0, 0.1) is 23.0 Å². The van der Waals surface area contributed by atoms with Crippen LogP contribution in [0.25, 0.3) is 0 Å². The number of halogens is 2. The second kappa shape index (κ2) is 9.32. The zero-order chi connectivity index (χ0) is 22.7. The van der Waals surface area contributed by atoms with Crippen LogP contribution in [0.1, 0.15) is 12.0 Å². The molecular formula is C20H17Cl2N3O6. The highest BCUT2D eigenvalue weighted by Gasteiger charge is 2.37. The molecule has 1 atom stereocenters. The summed E-state index contributed by atoms with van der Waals surface area (Å²) in [6.07, 6.45) is -0.0898. The van der Waals surface area contributed by atoms with Crippen LogP contribution in [0.4, 0.5) is 17.1 Å². The van der Waals surface area contributed by atoms with Gasteiger partial charge in [0.2, 0.25) is 5.91 Å². The number of nitrogens with one attached hydrogen (secondary N) is 1. The van der Waals surface area contributed by atoms with Gasteiger partial charge in [-0.2, -0.15) is 0 Å². The first-order chi connectivity index (χ1) is 14.7. The average Bonchev–Trinajstić information content (AvgIpc) is 3.11. The summed E-state index contributed by atoms with van der Waals surface area (Å²) in [5.74, 6) is -2.46. The van der Waals surface area contributed by atoms with Crippen LogP contribution in [-0.2, 0) is 19.1 Å². The first-order valence-electron chi connectivity index (χ1n) is 9.13. The Morgan fingerprint density at radius 2 is 2.03 bits per heavy atom. The molecule has 1 aliphatic rings. The van der Waals surface area contributed by atoms with Crippen LogP contribution in [0.3, 0.4) is 0 Å². The van der Waals surface area contributed by atoms with E-state index in [2.05, 4.69) is 5.32 Å². The standard InChI is InChI=1S/C20H17Cl2N3O6/c1-11-5-6-13(8-16(11)25(29)30)23-17(26)10-31-20(28)12-7-18(27)24(9-12)15-4-2-3-14(21)19(15)22/h2-6,8,12H,7,9-10H2,1H3,(H,23,26)/t12-/m1/s1. The van der Waals surface area contributed by atoms with Gasteiger partial charge in [-0.05, 0) is 25.1 Å². The van der Waals surface area contributed by atoms with Gasteiger partial charge in [-0.15, -0.1) is 0 Å². The van der Waals surface area contributed by atoms with Crippen molar-refractivity contribution in [1.29, 1.82) is 0 Å². The van der Waals surface area contributed by atoms with Crippen LogP contribution in [-0.4, -0.2) is 35.9 Å². The summed E-state index contributed by atoms with van der Waals surface area (Å²) in [6, 6.07) is 9.07. The third-order valence-corrected chi connectivity index (χ3v) is 5.52. The van der Waals surface area contributed by atoms with E-state index in [4.69, 9.17) is 27.9 Å². The molecule has 0 radical (unpaired) electrons. The van der Waals surface area contributed by atoms with Gasteiger partial charge in [0.25, 0.3) is 11.6 Å². The molecule has 0 aliphatic carbocycles. The molecule has 162 valence electrons. The monoisotopic (exact) mass is 465 g/mol. The number of nitro benzene ring substituents is 1.